The van der Waals surface area contributed by atoms with E-state index in [4.69, 9.17) is 10.5 Å². The van der Waals surface area contributed by atoms with Crippen LogP contribution in [0.5, 0.6) is 5.75 Å². The lowest BCUT2D eigenvalue weighted by Crippen LogP contribution is -2.20. The molecule has 0 unspecified atom stereocenters. The Bertz CT molecular complexity index is 606. The van der Waals surface area contributed by atoms with Gasteiger partial charge in [0.15, 0.2) is 6.61 Å². The van der Waals surface area contributed by atoms with Gasteiger partial charge in [0.05, 0.1) is 0 Å². The summed E-state index contributed by atoms with van der Waals surface area (Å²) in [5.74, 6) is 0.902. The highest BCUT2D eigenvalue weighted by atomic mass is 16.5. The predicted molar refractivity (Wildman–Crippen MR) is 85.5 cm³/mol. The van der Waals surface area contributed by atoms with Gasteiger partial charge in [0.1, 0.15) is 5.75 Å². The van der Waals surface area contributed by atoms with E-state index in [9.17, 15) is 4.79 Å². The van der Waals surface area contributed by atoms with Crippen molar-refractivity contribution in [2.45, 2.75) is 19.8 Å². The minimum Gasteiger partial charge on any atom is -0.483 e. The molecule has 0 heterocycles. The maximum absolute atomic E-state index is 11.9. The molecule has 0 aliphatic carbocycles. The maximum Gasteiger partial charge on any atom is 0.262 e. The van der Waals surface area contributed by atoms with Crippen LogP contribution in [-0.4, -0.2) is 12.5 Å². The Morgan fingerprint density at radius 2 is 1.81 bits per heavy atom. The van der Waals surface area contributed by atoms with Crippen molar-refractivity contribution >= 4 is 17.3 Å². The number of rotatable bonds is 5. The van der Waals surface area contributed by atoms with Gasteiger partial charge in [-0.15, -0.1) is 0 Å². The van der Waals surface area contributed by atoms with Gasteiger partial charge in [-0.25, -0.2) is 0 Å². The Morgan fingerprint density at radius 3 is 2.48 bits per heavy atom. The van der Waals surface area contributed by atoms with Crippen LogP contribution in [0.4, 0.5) is 11.4 Å². The molecule has 21 heavy (non-hydrogen) atoms. The number of nitrogen functional groups attached to an aromatic ring is 1. The summed E-state index contributed by atoms with van der Waals surface area (Å²) in [4.78, 5) is 11.9. The number of nitrogens with two attached hydrogens (primary N) is 1. The van der Waals surface area contributed by atoms with Crippen molar-refractivity contribution in [3.8, 4) is 5.75 Å². The Morgan fingerprint density at radius 1 is 1.14 bits per heavy atom. The molecular formula is C17H20N2O2. The van der Waals surface area contributed by atoms with Gasteiger partial charge in [-0.2, -0.15) is 0 Å². The number of carbonyl (C=O) groups is 1. The van der Waals surface area contributed by atoms with Crippen molar-refractivity contribution in [1.29, 1.82) is 0 Å². The van der Waals surface area contributed by atoms with Crippen LogP contribution < -0.4 is 15.8 Å². The highest BCUT2D eigenvalue weighted by Crippen LogP contribution is 2.25. The molecule has 0 saturated carbocycles. The summed E-state index contributed by atoms with van der Waals surface area (Å²) in [6.45, 7) is 4.17. The molecule has 0 bridgehead atoms. The summed E-state index contributed by atoms with van der Waals surface area (Å²) >= 11 is 0. The fourth-order valence-electron chi connectivity index (χ4n) is 2.00. The zero-order valence-electron chi connectivity index (χ0n) is 12.3. The second kappa shape index (κ2) is 6.79. The maximum atomic E-state index is 11.9. The number of nitrogens with one attached hydrogen (secondary N) is 1. The Kier molecular flexibility index (Phi) is 4.82. The lowest BCUT2D eigenvalue weighted by atomic mass is 10.0. The van der Waals surface area contributed by atoms with E-state index in [0.717, 1.165) is 11.3 Å². The van der Waals surface area contributed by atoms with Gasteiger partial charge in [0.2, 0.25) is 0 Å². The molecule has 0 radical (unpaired) electrons. The Balaban J connectivity index is 1.94. The highest BCUT2D eigenvalue weighted by molar-refractivity contribution is 5.92. The van der Waals surface area contributed by atoms with Crippen molar-refractivity contribution in [2.75, 3.05) is 17.7 Å². The third-order valence-electron chi connectivity index (χ3n) is 3.09. The van der Waals surface area contributed by atoms with Crippen LogP contribution in [0.15, 0.2) is 48.5 Å². The van der Waals surface area contributed by atoms with Gasteiger partial charge in [-0.1, -0.05) is 32.0 Å². The Labute approximate surface area is 124 Å². The van der Waals surface area contributed by atoms with Crippen LogP contribution in [0.3, 0.4) is 0 Å². The van der Waals surface area contributed by atoms with Crippen LogP contribution >= 0.6 is 0 Å². The number of benzene rings is 2. The zero-order chi connectivity index (χ0) is 15.2. The van der Waals surface area contributed by atoms with E-state index in [-0.39, 0.29) is 12.5 Å². The first-order valence-electron chi connectivity index (χ1n) is 6.93. The van der Waals surface area contributed by atoms with Crippen LogP contribution in [0.1, 0.15) is 25.3 Å². The monoisotopic (exact) mass is 284 g/mol. The predicted octanol–water partition coefficient (Wildman–Crippen LogP) is 3.41. The molecule has 3 N–H and O–H groups in total. The fraction of sp³-hybridized carbons (Fsp3) is 0.235. The summed E-state index contributed by atoms with van der Waals surface area (Å²) in [6, 6.07) is 14.8. The molecule has 0 atom stereocenters. The average Bonchev–Trinajstić information content (AvgIpc) is 2.48. The number of carbonyl (C=O) groups excluding carboxylic acids is 1. The summed E-state index contributed by atoms with van der Waals surface area (Å²) in [5, 5.41) is 2.77. The first kappa shape index (κ1) is 14.9. The molecule has 0 fully saturated rings. The largest absolute Gasteiger partial charge is 0.483 e. The Hall–Kier alpha value is -2.49. The van der Waals surface area contributed by atoms with E-state index >= 15 is 0 Å². The molecule has 1 amide bonds. The van der Waals surface area contributed by atoms with E-state index in [0.29, 0.717) is 17.3 Å². The molecule has 0 aliphatic rings. The highest BCUT2D eigenvalue weighted by Gasteiger charge is 2.09. The van der Waals surface area contributed by atoms with E-state index in [1.54, 1.807) is 24.3 Å². The molecule has 0 aromatic heterocycles. The number of para-hydroxylation sites is 1. The van der Waals surface area contributed by atoms with E-state index in [1.165, 1.54) is 0 Å². The van der Waals surface area contributed by atoms with Gasteiger partial charge in [-0.05, 0) is 41.8 Å². The normalized spacial score (nSPS) is 10.4. The number of hydrogen-bond donors (Lipinski definition) is 2. The van der Waals surface area contributed by atoms with Crippen LogP contribution in [0, 0.1) is 0 Å². The molecule has 2 rings (SSSR count). The molecule has 2 aromatic rings. The summed E-state index contributed by atoms with van der Waals surface area (Å²) < 4.78 is 5.62. The van der Waals surface area contributed by atoms with Crippen molar-refractivity contribution in [3.05, 3.63) is 54.1 Å². The first-order chi connectivity index (χ1) is 10.1. The smallest absolute Gasteiger partial charge is 0.262 e. The number of hydrogen-bond acceptors (Lipinski definition) is 3. The number of ether oxygens (including phenoxy) is 1. The van der Waals surface area contributed by atoms with Gasteiger partial charge < -0.3 is 15.8 Å². The van der Waals surface area contributed by atoms with E-state index in [2.05, 4.69) is 19.2 Å². The van der Waals surface area contributed by atoms with Crippen molar-refractivity contribution in [3.63, 3.8) is 0 Å². The molecule has 0 saturated heterocycles. The van der Waals surface area contributed by atoms with E-state index in [1.807, 2.05) is 24.3 Å². The minimum absolute atomic E-state index is 0.0197. The van der Waals surface area contributed by atoms with Crippen LogP contribution in [0.25, 0.3) is 0 Å². The topological polar surface area (TPSA) is 64.3 Å². The molecule has 4 heteroatoms. The molecule has 0 spiro atoms. The van der Waals surface area contributed by atoms with Crippen LogP contribution in [0.2, 0.25) is 0 Å². The first-order valence-corrected chi connectivity index (χ1v) is 6.93. The lowest BCUT2D eigenvalue weighted by molar-refractivity contribution is -0.118. The van der Waals surface area contributed by atoms with Gasteiger partial charge in [0.25, 0.3) is 5.91 Å². The molecule has 4 nitrogen and oxygen atoms in total. The number of amides is 1. The third-order valence-corrected chi connectivity index (χ3v) is 3.09. The van der Waals surface area contributed by atoms with Crippen molar-refractivity contribution < 1.29 is 9.53 Å². The van der Waals surface area contributed by atoms with Crippen molar-refractivity contribution in [1.82, 2.24) is 0 Å². The molecule has 110 valence electrons. The molecule has 2 aromatic carbocycles. The quantitative estimate of drug-likeness (QED) is 0.827. The second-order valence-corrected chi connectivity index (χ2v) is 5.15. The molecular weight excluding hydrogens is 264 g/mol. The summed E-state index contributed by atoms with van der Waals surface area (Å²) in [5.41, 5.74) is 8.06. The fourth-order valence-corrected chi connectivity index (χ4v) is 2.00. The van der Waals surface area contributed by atoms with Gasteiger partial charge in [0, 0.05) is 11.4 Å². The zero-order valence-corrected chi connectivity index (χ0v) is 12.3. The third kappa shape index (κ3) is 4.24. The SMILES string of the molecule is CC(C)c1ccccc1OCC(=O)Nc1ccc(N)cc1. The summed E-state index contributed by atoms with van der Waals surface area (Å²) in [6.07, 6.45) is 0. The average molecular weight is 284 g/mol. The van der Waals surface area contributed by atoms with Gasteiger partial charge >= 0.3 is 0 Å². The summed E-state index contributed by atoms with van der Waals surface area (Å²) in [7, 11) is 0. The van der Waals surface area contributed by atoms with Crippen LogP contribution in [-0.2, 0) is 4.79 Å². The molecule has 0 aliphatic heterocycles. The number of anilines is 2. The lowest BCUT2D eigenvalue weighted by Gasteiger charge is -2.13. The second-order valence-electron chi connectivity index (χ2n) is 5.15. The van der Waals surface area contributed by atoms with Gasteiger partial charge in [-0.3, -0.25) is 4.79 Å². The van der Waals surface area contributed by atoms with E-state index < -0.39 is 0 Å². The standard InChI is InChI=1S/C17H20N2O2/c1-12(2)15-5-3-4-6-16(15)21-11-17(20)19-14-9-7-13(18)8-10-14/h3-10,12H,11,18H2,1-2H3,(H,19,20). The van der Waals surface area contributed by atoms with Crippen molar-refractivity contribution in [2.24, 2.45) is 0 Å². The minimum atomic E-state index is -0.196.